The number of carbonyl (C=O) groups excluding carboxylic acids is 1. The molecule has 0 aliphatic heterocycles. The van der Waals surface area contributed by atoms with Crippen LogP contribution in [-0.2, 0) is 6.54 Å². The Morgan fingerprint density at radius 1 is 1.32 bits per heavy atom. The van der Waals surface area contributed by atoms with E-state index >= 15 is 0 Å². The molecule has 1 aromatic carbocycles. The van der Waals surface area contributed by atoms with Gasteiger partial charge in [0.2, 0.25) is 0 Å². The van der Waals surface area contributed by atoms with Gasteiger partial charge in [0.05, 0.1) is 23.4 Å². The highest BCUT2D eigenvalue weighted by molar-refractivity contribution is 5.93. The van der Waals surface area contributed by atoms with Crippen molar-refractivity contribution in [2.45, 2.75) is 33.4 Å². The van der Waals surface area contributed by atoms with Gasteiger partial charge < -0.3 is 14.9 Å². The van der Waals surface area contributed by atoms with Crippen molar-refractivity contribution in [3.05, 3.63) is 59.0 Å². The molecule has 1 atom stereocenters. The lowest BCUT2D eigenvalue weighted by Gasteiger charge is -2.31. The Morgan fingerprint density at radius 2 is 2.08 bits per heavy atom. The maximum absolute atomic E-state index is 12.7. The molecule has 7 nitrogen and oxygen atoms in total. The van der Waals surface area contributed by atoms with Gasteiger partial charge in [0, 0.05) is 18.9 Å². The van der Waals surface area contributed by atoms with Crippen LogP contribution in [0.4, 0.5) is 0 Å². The van der Waals surface area contributed by atoms with E-state index in [1.807, 2.05) is 37.6 Å². The SMILES string of the molecule is CC(C)(C)C(Cn1ccnc1)NC(=O)c1nc2ccccc2[nH]c1=O. The maximum Gasteiger partial charge on any atom is 0.280 e. The molecule has 0 saturated heterocycles. The van der Waals surface area contributed by atoms with Gasteiger partial charge in [-0.2, -0.15) is 0 Å². The summed E-state index contributed by atoms with van der Waals surface area (Å²) in [4.78, 5) is 35.9. The number of rotatable bonds is 4. The number of nitrogens with zero attached hydrogens (tertiary/aromatic N) is 3. The highest BCUT2D eigenvalue weighted by atomic mass is 16.2. The van der Waals surface area contributed by atoms with Crippen molar-refractivity contribution >= 4 is 16.9 Å². The zero-order chi connectivity index (χ0) is 18.0. The van der Waals surface area contributed by atoms with Crippen molar-refractivity contribution in [1.82, 2.24) is 24.8 Å². The van der Waals surface area contributed by atoms with Crippen LogP contribution in [0.1, 0.15) is 31.3 Å². The van der Waals surface area contributed by atoms with Crippen molar-refractivity contribution in [3.8, 4) is 0 Å². The third-order valence-electron chi connectivity index (χ3n) is 4.12. The van der Waals surface area contributed by atoms with Gasteiger partial charge in [-0.3, -0.25) is 9.59 Å². The monoisotopic (exact) mass is 339 g/mol. The second-order valence-electron chi connectivity index (χ2n) is 7.08. The first kappa shape index (κ1) is 16.9. The van der Waals surface area contributed by atoms with Crippen molar-refractivity contribution in [2.24, 2.45) is 5.41 Å². The van der Waals surface area contributed by atoms with E-state index < -0.39 is 11.5 Å². The summed E-state index contributed by atoms with van der Waals surface area (Å²) in [6.07, 6.45) is 5.23. The average Bonchev–Trinajstić information content (AvgIpc) is 3.05. The molecule has 130 valence electrons. The number of amides is 1. The molecular formula is C18H21N5O2. The normalized spacial score (nSPS) is 12.9. The van der Waals surface area contributed by atoms with Gasteiger partial charge in [0.25, 0.3) is 11.5 Å². The summed E-state index contributed by atoms with van der Waals surface area (Å²) in [5, 5.41) is 2.95. The maximum atomic E-state index is 12.7. The second kappa shape index (κ2) is 6.51. The third-order valence-corrected chi connectivity index (χ3v) is 4.12. The van der Waals surface area contributed by atoms with E-state index in [9.17, 15) is 9.59 Å². The molecular weight excluding hydrogens is 318 g/mol. The van der Waals surface area contributed by atoms with Crippen LogP contribution in [-0.4, -0.2) is 31.5 Å². The number of hydrogen-bond donors (Lipinski definition) is 2. The largest absolute Gasteiger partial charge is 0.345 e. The zero-order valence-corrected chi connectivity index (χ0v) is 14.5. The first-order valence-electron chi connectivity index (χ1n) is 8.10. The number of H-pyrrole nitrogens is 1. The Kier molecular flexibility index (Phi) is 4.39. The predicted molar refractivity (Wildman–Crippen MR) is 95.3 cm³/mol. The molecule has 2 aromatic heterocycles. The molecule has 7 heteroatoms. The highest BCUT2D eigenvalue weighted by Gasteiger charge is 2.28. The number of hydrogen-bond acceptors (Lipinski definition) is 4. The number of aromatic nitrogens is 4. The summed E-state index contributed by atoms with van der Waals surface area (Å²) in [5.41, 5.74) is 0.359. The summed E-state index contributed by atoms with van der Waals surface area (Å²) in [7, 11) is 0. The lowest BCUT2D eigenvalue weighted by molar-refractivity contribution is 0.0886. The topological polar surface area (TPSA) is 92.7 Å². The summed E-state index contributed by atoms with van der Waals surface area (Å²) < 4.78 is 1.90. The summed E-state index contributed by atoms with van der Waals surface area (Å²) in [6, 6.07) is 6.94. The Bertz CT molecular complexity index is 938. The summed E-state index contributed by atoms with van der Waals surface area (Å²) >= 11 is 0. The quantitative estimate of drug-likeness (QED) is 0.760. The Labute approximate surface area is 145 Å². The van der Waals surface area contributed by atoms with E-state index in [-0.39, 0.29) is 17.2 Å². The van der Waals surface area contributed by atoms with Gasteiger partial charge in [-0.1, -0.05) is 32.9 Å². The van der Waals surface area contributed by atoms with E-state index in [0.29, 0.717) is 17.6 Å². The molecule has 0 spiro atoms. The van der Waals surface area contributed by atoms with Gasteiger partial charge in [-0.15, -0.1) is 0 Å². The Hall–Kier alpha value is -2.96. The van der Waals surface area contributed by atoms with Crippen molar-refractivity contribution in [1.29, 1.82) is 0 Å². The molecule has 0 aliphatic carbocycles. The molecule has 2 N–H and O–H groups in total. The predicted octanol–water partition coefficient (Wildman–Crippen LogP) is 1.96. The standard InChI is InChI=1S/C18H21N5O2/c1-18(2,3)14(10-23-9-8-19-11-23)22-17(25)15-16(24)21-13-7-5-4-6-12(13)20-15/h4-9,11,14H,10H2,1-3H3,(H,21,24)(H,22,25). The number of imidazole rings is 1. The molecule has 1 unspecified atom stereocenters. The molecule has 0 bridgehead atoms. The molecule has 25 heavy (non-hydrogen) atoms. The second-order valence-corrected chi connectivity index (χ2v) is 7.08. The van der Waals surface area contributed by atoms with Crippen LogP contribution < -0.4 is 10.9 Å². The zero-order valence-electron chi connectivity index (χ0n) is 14.5. The van der Waals surface area contributed by atoms with Crippen LogP contribution in [0, 0.1) is 5.41 Å². The first-order valence-corrected chi connectivity index (χ1v) is 8.10. The Morgan fingerprint density at radius 3 is 2.76 bits per heavy atom. The lowest BCUT2D eigenvalue weighted by atomic mass is 9.86. The molecule has 0 saturated carbocycles. The van der Waals surface area contributed by atoms with E-state index in [0.717, 1.165) is 0 Å². The van der Waals surface area contributed by atoms with Crippen LogP contribution in [0.2, 0.25) is 0 Å². The van der Waals surface area contributed by atoms with Crippen LogP contribution in [0.15, 0.2) is 47.8 Å². The fraction of sp³-hybridized carbons (Fsp3) is 0.333. The van der Waals surface area contributed by atoms with Crippen molar-refractivity contribution in [3.63, 3.8) is 0 Å². The number of nitrogens with one attached hydrogen (secondary N) is 2. The average molecular weight is 339 g/mol. The van der Waals surface area contributed by atoms with Crippen LogP contribution in [0.3, 0.4) is 0 Å². The summed E-state index contributed by atoms with van der Waals surface area (Å²) in [6.45, 7) is 6.66. The van der Waals surface area contributed by atoms with Crippen molar-refractivity contribution < 1.29 is 4.79 Å². The van der Waals surface area contributed by atoms with Gasteiger partial charge in [0.15, 0.2) is 5.69 Å². The minimum Gasteiger partial charge on any atom is -0.345 e. The number of para-hydroxylation sites is 2. The molecule has 0 aliphatic rings. The molecule has 3 rings (SSSR count). The number of fused-ring (bicyclic) bond motifs is 1. The minimum absolute atomic E-state index is 0.126. The molecule has 0 fully saturated rings. The van der Waals surface area contributed by atoms with Gasteiger partial charge in [-0.25, -0.2) is 9.97 Å². The molecule has 0 radical (unpaired) electrons. The van der Waals surface area contributed by atoms with Gasteiger partial charge >= 0.3 is 0 Å². The molecule has 2 heterocycles. The fourth-order valence-corrected chi connectivity index (χ4v) is 2.55. The van der Waals surface area contributed by atoms with Crippen LogP contribution in [0.5, 0.6) is 0 Å². The highest BCUT2D eigenvalue weighted by Crippen LogP contribution is 2.21. The third kappa shape index (κ3) is 3.76. The number of benzene rings is 1. The Balaban J connectivity index is 1.88. The lowest BCUT2D eigenvalue weighted by Crippen LogP contribution is -2.47. The van der Waals surface area contributed by atoms with E-state index in [4.69, 9.17) is 0 Å². The summed E-state index contributed by atoms with van der Waals surface area (Å²) in [5.74, 6) is -0.480. The van der Waals surface area contributed by atoms with Crippen LogP contribution in [0.25, 0.3) is 11.0 Å². The molecule has 1 amide bonds. The number of carbonyl (C=O) groups is 1. The first-order chi connectivity index (χ1) is 11.8. The van der Waals surface area contributed by atoms with Crippen molar-refractivity contribution in [2.75, 3.05) is 0 Å². The van der Waals surface area contributed by atoms with Crippen LogP contribution >= 0.6 is 0 Å². The van der Waals surface area contributed by atoms with Gasteiger partial charge in [-0.05, 0) is 17.5 Å². The number of aromatic amines is 1. The van der Waals surface area contributed by atoms with E-state index in [2.05, 4.69) is 20.3 Å². The minimum atomic E-state index is -0.494. The molecule has 3 aromatic rings. The van der Waals surface area contributed by atoms with E-state index in [1.54, 1.807) is 30.7 Å². The fourth-order valence-electron chi connectivity index (χ4n) is 2.55. The smallest absolute Gasteiger partial charge is 0.280 e. The van der Waals surface area contributed by atoms with E-state index in [1.165, 1.54) is 0 Å². The van der Waals surface area contributed by atoms with Gasteiger partial charge in [0.1, 0.15) is 0 Å².